The molecular formula is C37H51N3O6. The van der Waals surface area contributed by atoms with Crippen molar-refractivity contribution in [3.63, 3.8) is 0 Å². The fourth-order valence-electron chi connectivity index (χ4n) is 5.66. The third-order valence-electron chi connectivity index (χ3n) is 7.82. The van der Waals surface area contributed by atoms with Crippen molar-refractivity contribution in [2.75, 3.05) is 77.2 Å². The molecule has 1 atom stereocenters. The normalized spacial score (nSPS) is 16.0. The Bertz CT molecular complexity index is 1380. The molecule has 9 heteroatoms. The zero-order valence-electron chi connectivity index (χ0n) is 27.8. The van der Waals surface area contributed by atoms with Gasteiger partial charge in [0.05, 0.1) is 39.1 Å². The number of benzene rings is 3. The summed E-state index contributed by atoms with van der Waals surface area (Å²) in [5, 5.41) is 21.7. The molecule has 2 heterocycles. The molecule has 2 aliphatic heterocycles. The summed E-state index contributed by atoms with van der Waals surface area (Å²) in [6.07, 6.45) is 2.48. The van der Waals surface area contributed by atoms with Gasteiger partial charge in [-0.05, 0) is 87.7 Å². The van der Waals surface area contributed by atoms with Crippen molar-refractivity contribution in [2.45, 2.75) is 40.2 Å². The second-order valence-corrected chi connectivity index (χ2v) is 11.1. The lowest BCUT2D eigenvalue weighted by Gasteiger charge is -2.36. The van der Waals surface area contributed by atoms with Crippen molar-refractivity contribution in [3.05, 3.63) is 77.4 Å². The van der Waals surface area contributed by atoms with E-state index in [1.807, 2.05) is 45.9 Å². The Kier molecular flexibility index (Phi) is 13.9. The molecule has 3 aromatic rings. The predicted octanol–water partition coefficient (Wildman–Crippen LogP) is 5.09. The Morgan fingerprint density at radius 1 is 0.761 bits per heavy atom. The Labute approximate surface area is 274 Å². The fourth-order valence-corrected chi connectivity index (χ4v) is 5.66. The maximum absolute atomic E-state index is 9.39. The zero-order valence-corrected chi connectivity index (χ0v) is 27.8. The number of hydrogen-bond donors (Lipinski definition) is 3. The number of hydrogen-bond acceptors (Lipinski definition) is 9. The van der Waals surface area contributed by atoms with Gasteiger partial charge in [-0.25, -0.2) is 0 Å². The van der Waals surface area contributed by atoms with Crippen molar-refractivity contribution in [2.24, 2.45) is 0 Å². The molecule has 3 N–H and O–H groups in total. The third-order valence-corrected chi connectivity index (χ3v) is 7.82. The fraction of sp³-hybridized carbons (Fsp3) is 0.459. The van der Waals surface area contributed by atoms with Crippen LogP contribution >= 0.6 is 0 Å². The summed E-state index contributed by atoms with van der Waals surface area (Å²) in [5.74, 6) is 3.13. The first-order valence-electron chi connectivity index (χ1n) is 16.6. The maximum atomic E-state index is 9.39. The molecule has 46 heavy (non-hydrogen) atoms. The lowest BCUT2D eigenvalue weighted by atomic mass is 9.96. The van der Waals surface area contributed by atoms with Gasteiger partial charge in [0, 0.05) is 56.2 Å². The molecule has 0 radical (unpaired) electrons. The molecular weight excluding hydrogens is 582 g/mol. The van der Waals surface area contributed by atoms with Gasteiger partial charge < -0.3 is 39.4 Å². The van der Waals surface area contributed by atoms with Crippen LogP contribution in [0.2, 0.25) is 0 Å². The molecule has 0 spiro atoms. The molecule has 0 saturated carbocycles. The topological polar surface area (TPSA) is 95.9 Å². The number of piperazine rings is 1. The van der Waals surface area contributed by atoms with Crippen LogP contribution in [0.25, 0.3) is 11.8 Å². The second-order valence-electron chi connectivity index (χ2n) is 11.1. The van der Waals surface area contributed by atoms with Crippen LogP contribution in [-0.2, 0) is 6.42 Å². The highest BCUT2D eigenvalue weighted by Crippen LogP contribution is 2.37. The number of nitrogens with one attached hydrogen (secondary N) is 1. The molecule has 9 nitrogen and oxygen atoms in total. The summed E-state index contributed by atoms with van der Waals surface area (Å²) in [4.78, 5) is 4.54. The van der Waals surface area contributed by atoms with Crippen LogP contribution in [0.15, 0.2) is 60.7 Å². The smallest absolute Gasteiger partial charge is 0.161 e. The SMILES string of the molecule is CCOc1ccc(/C=C2\NCCc3cc(OCC)c(OCC)cc32)cc1OCC.OCC(O)CN1CCN(c2ccccc2)CC1. The number of nitrogens with zero attached hydrogens (tertiary/aromatic N) is 2. The van der Waals surface area contributed by atoms with Crippen LogP contribution in [0.4, 0.5) is 5.69 Å². The highest BCUT2D eigenvalue weighted by atomic mass is 16.5. The molecule has 250 valence electrons. The number of β-amino-alcohol motifs (C(OH)–C–C–N with tert-alkyl or cyclic N) is 1. The molecule has 0 aromatic heterocycles. The minimum absolute atomic E-state index is 0.154. The van der Waals surface area contributed by atoms with Crippen molar-refractivity contribution in [1.29, 1.82) is 0 Å². The van der Waals surface area contributed by atoms with Gasteiger partial charge in [0.25, 0.3) is 0 Å². The predicted molar refractivity (Wildman–Crippen MR) is 185 cm³/mol. The van der Waals surface area contributed by atoms with E-state index in [1.54, 1.807) is 0 Å². The van der Waals surface area contributed by atoms with Crippen LogP contribution in [0, 0.1) is 0 Å². The summed E-state index contributed by atoms with van der Waals surface area (Å²) in [7, 11) is 0. The van der Waals surface area contributed by atoms with Gasteiger partial charge in [0.2, 0.25) is 0 Å². The van der Waals surface area contributed by atoms with Crippen LogP contribution < -0.4 is 29.2 Å². The molecule has 1 fully saturated rings. The number of anilines is 1. The quantitative estimate of drug-likeness (QED) is 0.238. The van der Waals surface area contributed by atoms with E-state index < -0.39 is 6.10 Å². The number of fused-ring (bicyclic) bond motifs is 1. The molecule has 2 aliphatic rings. The Hall–Kier alpha value is -3.92. The van der Waals surface area contributed by atoms with Crippen LogP contribution in [0.3, 0.4) is 0 Å². The van der Waals surface area contributed by atoms with Gasteiger partial charge in [-0.1, -0.05) is 24.3 Å². The van der Waals surface area contributed by atoms with Crippen molar-refractivity contribution >= 4 is 17.5 Å². The zero-order chi connectivity index (χ0) is 32.7. The van der Waals surface area contributed by atoms with Gasteiger partial charge in [-0.3, -0.25) is 4.90 Å². The van der Waals surface area contributed by atoms with Crippen molar-refractivity contribution < 1.29 is 29.2 Å². The lowest BCUT2D eigenvalue weighted by molar-refractivity contribution is 0.0575. The number of aliphatic hydroxyl groups is 2. The summed E-state index contributed by atoms with van der Waals surface area (Å²) in [6, 6.07) is 20.6. The largest absolute Gasteiger partial charge is 0.490 e. The lowest BCUT2D eigenvalue weighted by Crippen LogP contribution is -2.49. The van der Waals surface area contributed by atoms with E-state index in [9.17, 15) is 5.11 Å². The Morgan fingerprint density at radius 2 is 1.37 bits per heavy atom. The highest BCUT2D eigenvalue weighted by Gasteiger charge is 2.20. The molecule has 1 unspecified atom stereocenters. The van der Waals surface area contributed by atoms with E-state index in [2.05, 4.69) is 63.7 Å². The molecule has 3 aromatic carbocycles. The van der Waals surface area contributed by atoms with Crippen molar-refractivity contribution in [3.8, 4) is 23.0 Å². The summed E-state index contributed by atoms with van der Waals surface area (Å²) < 4.78 is 23.1. The Balaban J connectivity index is 0.000000240. The van der Waals surface area contributed by atoms with Gasteiger partial charge >= 0.3 is 0 Å². The molecule has 0 amide bonds. The van der Waals surface area contributed by atoms with Crippen LogP contribution in [0.1, 0.15) is 44.4 Å². The highest BCUT2D eigenvalue weighted by molar-refractivity contribution is 5.84. The molecule has 1 saturated heterocycles. The van der Waals surface area contributed by atoms with Gasteiger partial charge in [0.1, 0.15) is 0 Å². The number of ether oxygens (including phenoxy) is 4. The molecule has 0 bridgehead atoms. The Morgan fingerprint density at radius 3 is 2.00 bits per heavy atom. The van der Waals surface area contributed by atoms with E-state index >= 15 is 0 Å². The van der Waals surface area contributed by atoms with Crippen LogP contribution in [-0.4, -0.2) is 93.5 Å². The van der Waals surface area contributed by atoms with Crippen molar-refractivity contribution in [1.82, 2.24) is 10.2 Å². The summed E-state index contributed by atoms with van der Waals surface area (Å²) in [6.45, 7) is 15.5. The second kappa shape index (κ2) is 18.3. The first kappa shape index (κ1) is 34.9. The first-order chi connectivity index (χ1) is 22.5. The van der Waals surface area contributed by atoms with E-state index in [-0.39, 0.29) is 6.61 Å². The standard InChI is InChI=1S/C24H31NO4.C13H20N2O2/c1-5-26-21-10-9-17(14-22(21)27-6-2)13-20-19-16-24(29-8-4)23(28-7-3)15-18(19)11-12-25-20;16-11-13(17)10-14-6-8-15(9-7-14)12-4-2-1-3-5-12/h9-10,13-16,25H,5-8,11-12H2,1-4H3;1-5,13,16-17H,6-11H2/b20-13-;. The first-order valence-corrected chi connectivity index (χ1v) is 16.6. The van der Waals surface area contributed by atoms with E-state index in [0.29, 0.717) is 33.0 Å². The summed E-state index contributed by atoms with van der Waals surface area (Å²) in [5.41, 5.74) is 5.80. The van der Waals surface area contributed by atoms with Gasteiger partial charge in [0.15, 0.2) is 23.0 Å². The summed E-state index contributed by atoms with van der Waals surface area (Å²) >= 11 is 0. The maximum Gasteiger partial charge on any atom is 0.161 e. The van der Waals surface area contributed by atoms with Crippen LogP contribution in [0.5, 0.6) is 23.0 Å². The minimum Gasteiger partial charge on any atom is -0.490 e. The van der Waals surface area contributed by atoms with Gasteiger partial charge in [-0.2, -0.15) is 0 Å². The number of para-hydroxylation sites is 1. The third kappa shape index (κ3) is 9.79. The van der Waals surface area contributed by atoms with E-state index in [4.69, 9.17) is 24.1 Å². The minimum atomic E-state index is -0.613. The number of rotatable bonds is 13. The molecule has 0 aliphatic carbocycles. The average molecular weight is 634 g/mol. The number of aliphatic hydroxyl groups excluding tert-OH is 2. The monoisotopic (exact) mass is 633 g/mol. The average Bonchev–Trinajstić information content (AvgIpc) is 3.08. The van der Waals surface area contributed by atoms with E-state index in [1.165, 1.54) is 11.3 Å². The van der Waals surface area contributed by atoms with E-state index in [0.717, 1.165) is 79.0 Å². The van der Waals surface area contributed by atoms with Gasteiger partial charge in [-0.15, -0.1) is 0 Å². The molecule has 5 rings (SSSR count).